The number of rotatable bonds is 9. The molecule has 25 heavy (non-hydrogen) atoms. The monoisotopic (exact) mass is 349 g/mol. The number of ether oxygens (including phenoxy) is 2. The van der Waals surface area contributed by atoms with Crippen molar-refractivity contribution < 1.29 is 14.3 Å². The van der Waals surface area contributed by atoms with Gasteiger partial charge in [0.2, 0.25) is 0 Å². The summed E-state index contributed by atoms with van der Waals surface area (Å²) in [4.78, 5) is 19.2. The Morgan fingerprint density at radius 2 is 1.44 bits per heavy atom. The summed E-state index contributed by atoms with van der Waals surface area (Å²) in [6.07, 6.45) is 1.93. The van der Waals surface area contributed by atoms with Crippen LogP contribution in [-0.2, 0) is 0 Å². The molecule has 0 atom stereocenters. The Morgan fingerprint density at radius 1 is 0.880 bits per heavy atom. The second-order valence-corrected chi connectivity index (χ2v) is 6.96. The second-order valence-electron chi connectivity index (χ2n) is 6.96. The highest BCUT2D eigenvalue weighted by Gasteiger charge is 2.19. The summed E-state index contributed by atoms with van der Waals surface area (Å²) in [6, 6.07) is 5.47. The standard InChI is InChI=1S/C19H31N3O3/c1-20(2)9-5-11-22(12-6-10-21(3)4)19(23)16-7-8-17-18(15-16)25-14-13-24-17/h7-8,15H,5-6,9-14H2,1-4H3. The maximum Gasteiger partial charge on any atom is 0.253 e. The zero-order valence-corrected chi connectivity index (χ0v) is 16.0. The molecule has 0 saturated heterocycles. The molecule has 1 heterocycles. The average Bonchev–Trinajstić information content (AvgIpc) is 2.59. The van der Waals surface area contributed by atoms with Crippen molar-refractivity contribution in [3.63, 3.8) is 0 Å². The van der Waals surface area contributed by atoms with E-state index in [2.05, 4.69) is 38.0 Å². The van der Waals surface area contributed by atoms with E-state index in [0.29, 0.717) is 24.5 Å². The van der Waals surface area contributed by atoms with E-state index in [-0.39, 0.29) is 5.91 Å². The van der Waals surface area contributed by atoms with Crippen LogP contribution in [0.1, 0.15) is 23.2 Å². The van der Waals surface area contributed by atoms with E-state index in [1.54, 1.807) is 0 Å². The van der Waals surface area contributed by atoms with Gasteiger partial charge in [-0.3, -0.25) is 4.79 Å². The molecule has 0 aliphatic carbocycles. The minimum Gasteiger partial charge on any atom is -0.486 e. The number of hydrogen-bond donors (Lipinski definition) is 0. The molecule has 0 unspecified atom stereocenters. The zero-order chi connectivity index (χ0) is 18.2. The molecule has 6 heteroatoms. The quantitative estimate of drug-likeness (QED) is 0.680. The predicted octanol–water partition coefficient (Wildman–Crippen LogP) is 1.80. The van der Waals surface area contributed by atoms with Crippen LogP contribution in [0.25, 0.3) is 0 Å². The Hall–Kier alpha value is -1.79. The Kier molecular flexibility index (Phi) is 7.52. The lowest BCUT2D eigenvalue weighted by Gasteiger charge is -2.25. The first-order valence-corrected chi connectivity index (χ1v) is 8.96. The van der Waals surface area contributed by atoms with Gasteiger partial charge in [-0.25, -0.2) is 0 Å². The number of amides is 1. The van der Waals surface area contributed by atoms with Crippen LogP contribution >= 0.6 is 0 Å². The molecular formula is C19H31N3O3. The third kappa shape index (κ3) is 6.21. The van der Waals surface area contributed by atoms with Crippen molar-refractivity contribution in [3.8, 4) is 11.5 Å². The molecule has 0 radical (unpaired) electrons. The number of carbonyl (C=O) groups excluding carboxylic acids is 1. The molecule has 1 aliphatic rings. The fraction of sp³-hybridized carbons (Fsp3) is 0.632. The van der Waals surface area contributed by atoms with Crippen LogP contribution in [0.4, 0.5) is 0 Å². The third-order valence-electron chi connectivity index (χ3n) is 4.14. The Labute approximate surface area is 151 Å². The molecule has 0 N–H and O–H groups in total. The lowest BCUT2D eigenvalue weighted by molar-refractivity contribution is 0.0743. The summed E-state index contributed by atoms with van der Waals surface area (Å²) in [5.41, 5.74) is 0.666. The Balaban J connectivity index is 2.04. The van der Waals surface area contributed by atoms with E-state index in [0.717, 1.165) is 44.8 Å². The zero-order valence-electron chi connectivity index (χ0n) is 16.0. The van der Waals surface area contributed by atoms with Gasteiger partial charge in [-0.2, -0.15) is 0 Å². The largest absolute Gasteiger partial charge is 0.486 e. The van der Waals surface area contributed by atoms with E-state index in [9.17, 15) is 4.79 Å². The minimum absolute atomic E-state index is 0.0643. The van der Waals surface area contributed by atoms with Gasteiger partial charge < -0.3 is 24.2 Å². The number of hydrogen-bond acceptors (Lipinski definition) is 5. The van der Waals surface area contributed by atoms with Crippen molar-refractivity contribution in [2.24, 2.45) is 0 Å². The van der Waals surface area contributed by atoms with Crippen LogP contribution in [0.5, 0.6) is 11.5 Å². The maximum atomic E-state index is 13.0. The van der Waals surface area contributed by atoms with Gasteiger partial charge in [-0.1, -0.05) is 0 Å². The number of fused-ring (bicyclic) bond motifs is 1. The fourth-order valence-corrected chi connectivity index (χ4v) is 2.83. The lowest BCUT2D eigenvalue weighted by atomic mass is 10.1. The van der Waals surface area contributed by atoms with E-state index in [1.807, 2.05) is 23.1 Å². The molecule has 0 saturated carbocycles. The van der Waals surface area contributed by atoms with Gasteiger partial charge in [-0.15, -0.1) is 0 Å². The van der Waals surface area contributed by atoms with Crippen molar-refractivity contribution in [1.82, 2.24) is 14.7 Å². The van der Waals surface area contributed by atoms with Gasteiger partial charge in [0.05, 0.1) is 0 Å². The fourth-order valence-electron chi connectivity index (χ4n) is 2.83. The molecule has 0 bridgehead atoms. The van der Waals surface area contributed by atoms with Crippen molar-refractivity contribution in [2.45, 2.75) is 12.8 Å². The normalized spacial score (nSPS) is 13.4. The highest BCUT2D eigenvalue weighted by molar-refractivity contribution is 5.95. The average molecular weight is 349 g/mol. The summed E-state index contributed by atoms with van der Waals surface area (Å²) in [6.45, 7) is 4.55. The SMILES string of the molecule is CN(C)CCCN(CCCN(C)C)C(=O)c1ccc2c(c1)OCCO2. The Bertz CT molecular complexity index is 547. The molecule has 1 aromatic rings. The molecular weight excluding hydrogens is 318 g/mol. The Morgan fingerprint density at radius 3 is 2.00 bits per heavy atom. The van der Waals surface area contributed by atoms with Crippen LogP contribution in [-0.4, -0.2) is 88.2 Å². The molecule has 0 aromatic heterocycles. The van der Waals surface area contributed by atoms with Crippen LogP contribution in [0.3, 0.4) is 0 Å². The van der Waals surface area contributed by atoms with Gasteiger partial charge in [0.1, 0.15) is 13.2 Å². The van der Waals surface area contributed by atoms with E-state index in [1.165, 1.54) is 0 Å². The lowest BCUT2D eigenvalue weighted by Crippen LogP contribution is -2.35. The molecule has 2 rings (SSSR count). The second kappa shape index (κ2) is 9.63. The predicted molar refractivity (Wildman–Crippen MR) is 99.7 cm³/mol. The van der Waals surface area contributed by atoms with Crippen molar-refractivity contribution in [2.75, 3.05) is 67.6 Å². The molecule has 0 spiro atoms. The smallest absolute Gasteiger partial charge is 0.253 e. The maximum absolute atomic E-state index is 13.0. The number of benzene rings is 1. The van der Waals surface area contributed by atoms with Crippen molar-refractivity contribution in [1.29, 1.82) is 0 Å². The summed E-state index contributed by atoms with van der Waals surface area (Å²) in [5.74, 6) is 1.45. The summed E-state index contributed by atoms with van der Waals surface area (Å²) < 4.78 is 11.2. The molecule has 1 aromatic carbocycles. The number of carbonyl (C=O) groups is 1. The summed E-state index contributed by atoms with van der Waals surface area (Å²) >= 11 is 0. The molecule has 1 aliphatic heterocycles. The third-order valence-corrected chi connectivity index (χ3v) is 4.14. The minimum atomic E-state index is 0.0643. The van der Waals surface area contributed by atoms with Crippen molar-refractivity contribution >= 4 is 5.91 Å². The van der Waals surface area contributed by atoms with Gasteiger partial charge in [0.25, 0.3) is 5.91 Å². The van der Waals surface area contributed by atoms with Gasteiger partial charge in [0.15, 0.2) is 11.5 Å². The highest BCUT2D eigenvalue weighted by Crippen LogP contribution is 2.31. The topological polar surface area (TPSA) is 45.2 Å². The van der Waals surface area contributed by atoms with Crippen LogP contribution in [0.15, 0.2) is 18.2 Å². The van der Waals surface area contributed by atoms with Crippen LogP contribution < -0.4 is 9.47 Å². The first-order valence-electron chi connectivity index (χ1n) is 8.96. The van der Waals surface area contributed by atoms with Gasteiger partial charge in [-0.05, 0) is 72.3 Å². The number of nitrogens with zero attached hydrogens (tertiary/aromatic N) is 3. The van der Waals surface area contributed by atoms with Crippen LogP contribution in [0, 0.1) is 0 Å². The first kappa shape index (κ1) is 19.5. The molecule has 1 amide bonds. The summed E-state index contributed by atoms with van der Waals surface area (Å²) in [5, 5.41) is 0. The first-order chi connectivity index (χ1) is 12.0. The van der Waals surface area contributed by atoms with Gasteiger partial charge >= 0.3 is 0 Å². The molecule has 0 fully saturated rings. The van der Waals surface area contributed by atoms with E-state index >= 15 is 0 Å². The van der Waals surface area contributed by atoms with E-state index < -0.39 is 0 Å². The van der Waals surface area contributed by atoms with Crippen LogP contribution in [0.2, 0.25) is 0 Å². The van der Waals surface area contributed by atoms with Gasteiger partial charge in [0, 0.05) is 18.7 Å². The highest BCUT2D eigenvalue weighted by atomic mass is 16.6. The molecule has 140 valence electrons. The van der Waals surface area contributed by atoms with Crippen molar-refractivity contribution in [3.05, 3.63) is 23.8 Å². The summed E-state index contributed by atoms with van der Waals surface area (Å²) in [7, 11) is 8.22. The molecule has 6 nitrogen and oxygen atoms in total. The van der Waals surface area contributed by atoms with E-state index in [4.69, 9.17) is 9.47 Å².